The zero-order valence-corrected chi connectivity index (χ0v) is 27.5. The summed E-state index contributed by atoms with van der Waals surface area (Å²) in [5.41, 5.74) is 7.32. The van der Waals surface area contributed by atoms with Crippen molar-refractivity contribution in [2.24, 2.45) is 17.8 Å². The van der Waals surface area contributed by atoms with E-state index in [1.54, 1.807) is 31.2 Å². The molecule has 1 heterocycles. The molecule has 2 aromatic carbocycles. The number of carbonyl (C=O) groups is 4. The van der Waals surface area contributed by atoms with Crippen molar-refractivity contribution in [3.8, 4) is 0 Å². The van der Waals surface area contributed by atoms with Gasteiger partial charge in [0, 0.05) is 44.6 Å². The second-order valence-electron chi connectivity index (χ2n) is 11.3. The van der Waals surface area contributed by atoms with Crippen LogP contribution in [0.5, 0.6) is 0 Å². The minimum Gasteiger partial charge on any atom is -0.397 e. The Labute approximate surface area is 255 Å². The van der Waals surface area contributed by atoms with E-state index in [1.807, 2.05) is 50.3 Å². The summed E-state index contributed by atoms with van der Waals surface area (Å²) in [5.74, 6) is -2.44. The number of nitrogens with two attached hydrogens (primary N) is 1. The molecular weight excluding hydrogens is 658 g/mol. The van der Waals surface area contributed by atoms with E-state index in [0.29, 0.717) is 44.0 Å². The maximum Gasteiger partial charge on any atom is 0.261 e. The summed E-state index contributed by atoms with van der Waals surface area (Å²) in [6.45, 7) is 9.54. The maximum atomic E-state index is 14.3. The lowest BCUT2D eigenvalue weighted by atomic mass is 9.93. The fourth-order valence-corrected chi connectivity index (χ4v) is 8.32. The fourth-order valence-electron chi connectivity index (χ4n) is 5.27. The third-order valence-electron chi connectivity index (χ3n) is 7.04. The molecule has 0 saturated heterocycles. The van der Waals surface area contributed by atoms with Crippen LogP contribution in [0.2, 0.25) is 0 Å². The lowest BCUT2D eigenvalue weighted by Gasteiger charge is -2.32. The first-order valence-electron chi connectivity index (χ1n) is 13.8. The maximum absolute atomic E-state index is 14.3. The summed E-state index contributed by atoms with van der Waals surface area (Å²) >= 11 is 2.05. The number of carbonyl (C=O) groups excluding carboxylic acids is 4. The summed E-state index contributed by atoms with van der Waals surface area (Å²) in [6.07, 6.45) is 0.170. The average molecular weight is 699 g/mol. The second kappa shape index (κ2) is 13.6. The van der Waals surface area contributed by atoms with Crippen LogP contribution in [0.25, 0.3) is 10.8 Å². The summed E-state index contributed by atoms with van der Waals surface area (Å²) in [7, 11) is -2.23. The number of benzene rings is 2. The minimum absolute atomic E-state index is 0.0678. The molecule has 4 N–H and O–H groups in total. The van der Waals surface area contributed by atoms with Gasteiger partial charge in [-0.15, -0.1) is 0 Å². The van der Waals surface area contributed by atoms with Crippen LogP contribution in [0.15, 0.2) is 24.3 Å². The van der Waals surface area contributed by atoms with Gasteiger partial charge in [0.25, 0.3) is 11.8 Å². The Morgan fingerprint density at radius 2 is 1.68 bits per heavy atom. The van der Waals surface area contributed by atoms with Crippen LogP contribution in [0.1, 0.15) is 68.2 Å². The smallest absolute Gasteiger partial charge is 0.261 e. The van der Waals surface area contributed by atoms with E-state index >= 15 is 0 Å². The third kappa shape index (κ3) is 7.48. The van der Waals surface area contributed by atoms with Crippen molar-refractivity contribution in [3.05, 3.63) is 39.0 Å². The quantitative estimate of drug-likeness (QED) is 0.118. The van der Waals surface area contributed by atoms with Gasteiger partial charge in [0.05, 0.1) is 12.3 Å². The highest BCUT2D eigenvalue weighted by Gasteiger charge is 2.41. The van der Waals surface area contributed by atoms with Gasteiger partial charge in [-0.1, -0.05) is 39.8 Å². The Hall–Kier alpha value is -2.50. The molecule has 4 amide bonds. The van der Waals surface area contributed by atoms with Crippen LogP contribution in [0, 0.1) is 21.3 Å². The molecule has 12 heteroatoms. The van der Waals surface area contributed by atoms with Crippen molar-refractivity contribution in [2.45, 2.75) is 53.5 Å². The number of halogens is 1. The SMILES string of the molecule is CCOP(=O)(CC(CC(C)C)C(=O)N[C@@H](CC(C)C)C(=O)NC)CN1C(=O)c2cccc3c(N)c(I)cc(c23)C1=O. The highest BCUT2D eigenvalue weighted by molar-refractivity contribution is 14.1. The van der Waals surface area contributed by atoms with E-state index in [-0.39, 0.29) is 30.5 Å². The molecule has 0 saturated carbocycles. The molecule has 2 unspecified atom stereocenters. The molecule has 224 valence electrons. The van der Waals surface area contributed by atoms with Gasteiger partial charge in [0.15, 0.2) is 0 Å². The zero-order valence-electron chi connectivity index (χ0n) is 24.5. The number of nitrogens with zero attached hydrogens (tertiary/aromatic N) is 1. The first-order valence-corrected chi connectivity index (χ1v) is 16.9. The predicted octanol–water partition coefficient (Wildman–Crippen LogP) is 4.83. The van der Waals surface area contributed by atoms with Crippen LogP contribution >= 0.6 is 30.0 Å². The summed E-state index contributed by atoms with van der Waals surface area (Å²) < 4.78 is 20.8. The average Bonchev–Trinajstić information content (AvgIpc) is 2.90. The Bertz CT molecular complexity index is 1400. The van der Waals surface area contributed by atoms with Gasteiger partial charge in [0.1, 0.15) is 12.3 Å². The van der Waals surface area contributed by atoms with Crippen molar-refractivity contribution in [1.82, 2.24) is 15.5 Å². The van der Waals surface area contributed by atoms with Crippen LogP contribution in [-0.4, -0.2) is 60.7 Å². The predicted molar refractivity (Wildman–Crippen MR) is 169 cm³/mol. The van der Waals surface area contributed by atoms with Crippen molar-refractivity contribution in [3.63, 3.8) is 0 Å². The largest absolute Gasteiger partial charge is 0.397 e. The Morgan fingerprint density at radius 1 is 1.05 bits per heavy atom. The van der Waals surface area contributed by atoms with Gasteiger partial charge in [-0.3, -0.25) is 28.6 Å². The molecule has 0 bridgehead atoms. The molecule has 1 aliphatic rings. The number of nitrogens with one attached hydrogen (secondary N) is 2. The van der Waals surface area contributed by atoms with E-state index in [1.165, 1.54) is 7.05 Å². The molecule has 1 aliphatic heterocycles. The van der Waals surface area contributed by atoms with Gasteiger partial charge in [-0.25, -0.2) is 0 Å². The van der Waals surface area contributed by atoms with E-state index < -0.39 is 43.3 Å². The molecule has 3 atom stereocenters. The number of rotatable bonds is 13. The van der Waals surface area contributed by atoms with Crippen molar-refractivity contribution in [2.75, 3.05) is 31.8 Å². The van der Waals surface area contributed by atoms with E-state index in [0.717, 1.165) is 4.90 Å². The molecule has 3 rings (SSSR count). The monoisotopic (exact) mass is 698 g/mol. The molecule has 10 nitrogen and oxygen atoms in total. The van der Waals surface area contributed by atoms with Gasteiger partial charge >= 0.3 is 0 Å². The molecule has 0 fully saturated rings. The van der Waals surface area contributed by atoms with Crippen molar-refractivity contribution >= 4 is 70.0 Å². The van der Waals surface area contributed by atoms with E-state index in [2.05, 4.69) is 10.6 Å². The van der Waals surface area contributed by atoms with Gasteiger partial charge in [-0.2, -0.15) is 0 Å². The number of imide groups is 1. The second-order valence-corrected chi connectivity index (χ2v) is 15.0. The van der Waals surface area contributed by atoms with Crippen molar-refractivity contribution in [1.29, 1.82) is 0 Å². The first kappa shape index (κ1) is 33.0. The fraction of sp³-hybridized carbons (Fsp3) is 0.517. The third-order valence-corrected chi connectivity index (χ3v) is 10.4. The molecule has 0 spiro atoms. The lowest BCUT2D eigenvalue weighted by molar-refractivity contribution is -0.131. The standard InChI is InChI=1S/C29H40IN4O6P/c1-7-40-41(39,14-18(11-16(2)3)26(35)33-23(12-17(4)5)27(36)32-6)15-34-28(37)20-10-8-9-19-24(20)21(29(34)38)13-22(30)25(19)31/h8-10,13,16-18,23H,7,11-12,14-15,31H2,1-6H3,(H,32,36)(H,33,35)/t18?,23-,41?/m0/s1. The Balaban J connectivity index is 1.95. The number of likely N-dealkylation sites (N-methyl/N-ethyl adjacent to an activating group) is 1. The topological polar surface area (TPSA) is 148 Å². The van der Waals surface area contributed by atoms with Crippen LogP contribution in [0.4, 0.5) is 5.69 Å². The van der Waals surface area contributed by atoms with Crippen LogP contribution < -0.4 is 16.4 Å². The van der Waals surface area contributed by atoms with Crippen molar-refractivity contribution < 1.29 is 28.3 Å². The van der Waals surface area contributed by atoms with Gasteiger partial charge in [-0.05, 0) is 66.3 Å². The molecule has 2 aromatic rings. The Kier molecular flexibility index (Phi) is 11.0. The number of nitrogen functional groups attached to an aromatic ring is 1. The van der Waals surface area contributed by atoms with Crippen LogP contribution in [0.3, 0.4) is 0 Å². The summed E-state index contributed by atoms with van der Waals surface area (Å²) in [6, 6.07) is 5.98. The Morgan fingerprint density at radius 3 is 2.27 bits per heavy atom. The van der Waals surface area contributed by atoms with E-state index in [9.17, 15) is 23.7 Å². The number of hydrogen-bond donors (Lipinski definition) is 3. The molecular formula is C29H40IN4O6P. The molecule has 41 heavy (non-hydrogen) atoms. The summed E-state index contributed by atoms with van der Waals surface area (Å²) in [5, 5.41) is 6.52. The first-order chi connectivity index (χ1) is 19.2. The van der Waals surface area contributed by atoms with Gasteiger partial charge in [0.2, 0.25) is 19.2 Å². The lowest BCUT2D eigenvalue weighted by Crippen LogP contribution is -2.49. The zero-order chi connectivity index (χ0) is 30.6. The van der Waals surface area contributed by atoms with E-state index in [4.69, 9.17) is 10.3 Å². The van der Waals surface area contributed by atoms with Gasteiger partial charge < -0.3 is 20.9 Å². The molecule has 0 radical (unpaired) electrons. The summed E-state index contributed by atoms with van der Waals surface area (Å²) in [4.78, 5) is 54.3. The number of amides is 4. The highest BCUT2D eigenvalue weighted by Crippen LogP contribution is 2.51. The molecule has 0 aromatic heterocycles. The molecule has 0 aliphatic carbocycles. The highest BCUT2D eigenvalue weighted by atomic mass is 127. The minimum atomic E-state index is -3.74. The normalized spacial score (nSPS) is 16.2. The van der Waals surface area contributed by atoms with Crippen LogP contribution in [-0.2, 0) is 18.7 Å². The number of anilines is 1. The number of hydrogen-bond acceptors (Lipinski definition) is 7.